The summed E-state index contributed by atoms with van der Waals surface area (Å²) in [6, 6.07) is 14.8. The predicted molar refractivity (Wildman–Crippen MR) is 86.5 cm³/mol. The van der Waals surface area contributed by atoms with Crippen LogP contribution in [0.5, 0.6) is 0 Å². The van der Waals surface area contributed by atoms with Crippen LogP contribution in [0.3, 0.4) is 0 Å². The molecule has 1 saturated heterocycles. The van der Waals surface area contributed by atoms with E-state index in [0.29, 0.717) is 6.04 Å². The monoisotopic (exact) mass is 300 g/mol. The Balaban J connectivity index is 1.60. The number of amides is 1. The summed E-state index contributed by atoms with van der Waals surface area (Å²) < 4.78 is 0. The Bertz CT molecular complexity index is 582. The third-order valence-electron chi connectivity index (χ3n) is 4.01. The molecule has 1 amide bonds. The Labute approximate surface area is 129 Å². The molecule has 1 aliphatic rings. The molecule has 2 aromatic rings. The summed E-state index contributed by atoms with van der Waals surface area (Å²) in [5.41, 5.74) is 1.34. The van der Waals surface area contributed by atoms with E-state index in [9.17, 15) is 4.79 Å². The Morgan fingerprint density at radius 1 is 1.19 bits per heavy atom. The van der Waals surface area contributed by atoms with Crippen LogP contribution in [-0.4, -0.2) is 41.4 Å². The van der Waals surface area contributed by atoms with Gasteiger partial charge in [0.25, 0.3) is 5.91 Å². The fourth-order valence-electron chi connectivity index (χ4n) is 2.79. The fraction of sp³-hybridized carbons (Fsp3) is 0.353. The molecule has 1 aromatic heterocycles. The number of hydrogen-bond acceptors (Lipinski definition) is 3. The zero-order valence-electron chi connectivity index (χ0n) is 12.2. The summed E-state index contributed by atoms with van der Waals surface area (Å²) in [6.45, 7) is 5.73. The number of hydrogen-bond donors (Lipinski definition) is 0. The van der Waals surface area contributed by atoms with Gasteiger partial charge in [-0.2, -0.15) is 0 Å². The van der Waals surface area contributed by atoms with Crippen molar-refractivity contribution < 1.29 is 4.79 Å². The van der Waals surface area contributed by atoms with Crippen LogP contribution in [0, 0.1) is 0 Å². The van der Waals surface area contributed by atoms with Crippen molar-refractivity contribution in [1.29, 1.82) is 0 Å². The molecule has 0 spiro atoms. The Kier molecular flexibility index (Phi) is 4.36. The second-order valence-electron chi connectivity index (χ2n) is 5.53. The lowest BCUT2D eigenvalue weighted by molar-refractivity contribution is 0.0499. The average molecular weight is 300 g/mol. The maximum absolute atomic E-state index is 12.4. The molecule has 0 aliphatic carbocycles. The first kappa shape index (κ1) is 14.3. The molecular weight excluding hydrogens is 280 g/mol. The minimum atomic E-state index is 0.177. The van der Waals surface area contributed by atoms with E-state index < -0.39 is 0 Å². The van der Waals surface area contributed by atoms with Crippen LogP contribution in [0.25, 0.3) is 0 Å². The first-order chi connectivity index (χ1) is 10.2. The SMILES string of the molecule is CC1CN(C(=O)c2cccs2)CCN1Cc1ccccc1. The topological polar surface area (TPSA) is 23.6 Å². The van der Waals surface area contributed by atoms with Gasteiger partial charge in [0, 0.05) is 32.2 Å². The number of thiophene rings is 1. The minimum absolute atomic E-state index is 0.177. The first-order valence-electron chi connectivity index (χ1n) is 7.35. The number of benzene rings is 1. The number of nitrogens with zero attached hydrogens (tertiary/aromatic N) is 2. The van der Waals surface area contributed by atoms with Crippen molar-refractivity contribution in [3.8, 4) is 0 Å². The van der Waals surface area contributed by atoms with Crippen LogP contribution in [0.1, 0.15) is 22.2 Å². The molecule has 1 fully saturated rings. The minimum Gasteiger partial charge on any atom is -0.335 e. The summed E-state index contributed by atoms with van der Waals surface area (Å²) in [4.78, 5) is 17.7. The number of carbonyl (C=O) groups excluding carboxylic acids is 1. The standard InChI is InChI=1S/C17H20N2OS/c1-14-12-19(17(20)16-8-5-11-21-16)10-9-18(14)13-15-6-3-2-4-7-15/h2-8,11,14H,9-10,12-13H2,1H3. The van der Waals surface area contributed by atoms with Crippen LogP contribution < -0.4 is 0 Å². The Morgan fingerprint density at radius 2 is 2.00 bits per heavy atom. The summed E-state index contributed by atoms with van der Waals surface area (Å²) in [5, 5.41) is 1.96. The van der Waals surface area contributed by atoms with Crippen LogP contribution in [0.4, 0.5) is 0 Å². The van der Waals surface area contributed by atoms with Crippen molar-refractivity contribution in [2.75, 3.05) is 19.6 Å². The van der Waals surface area contributed by atoms with E-state index in [1.165, 1.54) is 16.9 Å². The number of piperazine rings is 1. The highest BCUT2D eigenvalue weighted by Gasteiger charge is 2.27. The van der Waals surface area contributed by atoms with Gasteiger partial charge in [0.05, 0.1) is 4.88 Å². The molecule has 21 heavy (non-hydrogen) atoms. The van der Waals surface area contributed by atoms with Gasteiger partial charge < -0.3 is 4.90 Å². The summed E-state index contributed by atoms with van der Waals surface area (Å²) in [7, 11) is 0. The maximum Gasteiger partial charge on any atom is 0.264 e. The molecule has 0 radical (unpaired) electrons. The van der Waals surface area contributed by atoms with E-state index in [4.69, 9.17) is 0 Å². The van der Waals surface area contributed by atoms with Gasteiger partial charge in [-0.25, -0.2) is 0 Å². The van der Waals surface area contributed by atoms with Crippen molar-refractivity contribution >= 4 is 17.2 Å². The fourth-order valence-corrected chi connectivity index (χ4v) is 3.48. The van der Waals surface area contributed by atoms with Crippen molar-refractivity contribution in [3.05, 3.63) is 58.3 Å². The van der Waals surface area contributed by atoms with E-state index in [2.05, 4.69) is 36.1 Å². The van der Waals surface area contributed by atoms with E-state index in [-0.39, 0.29) is 5.91 Å². The molecule has 2 heterocycles. The summed E-state index contributed by atoms with van der Waals surface area (Å²) >= 11 is 1.52. The van der Waals surface area contributed by atoms with Gasteiger partial charge in [0.2, 0.25) is 0 Å². The molecule has 1 aliphatic heterocycles. The largest absolute Gasteiger partial charge is 0.335 e. The highest BCUT2D eigenvalue weighted by Crippen LogP contribution is 2.18. The molecule has 0 saturated carbocycles. The van der Waals surface area contributed by atoms with Gasteiger partial charge in [0.15, 0.2) is 0 Å². The molecule has 1 aromatic carbocycles. The normalized spacial score (nSPS) is 19.7. The Hall–Kier alpha value is -1.65. The summed E-state index contributed by atoms with van der Waals surface area (Å²) in [5.74, 6) is 0.177. The number of rotatable bonds is 3. The molecule has 3 rings (SSSR count). The third-order valence-corrected chi connectivity index (χ3v) is 4.87. The van der Waals surface area contributed by atoms with Crippen molar-refractivity contribution in [1.82, 2.24) is 9.80 Å². The van der Waals surface area contributed by atoms with Gasteiger partial charge in [-0.05, 0) is 23.9 Å². The van der Waals surface area contributed by atoms with Gasteiger partial charge >= 0.3 is 0 Å². The molecule has 0 N–H and O–H groups in total. The lowest BCUT2D eigenvalue weighted by Crippen LogP contribution is -2.53. The van der Waals surface area contributed by atoms with E-state index in [0.717, 1.165) is 31.1 Å². The molecule has 3 nitrogen and oxygen atoms in total. The van der Waals surface area contributed by atoms with Gasteiger partial charge in [0.1, 0.15) is 0 Å². The predicted octanol–water partition coefficient (Wildman–Crippen LogP) is 3.09. The van der Waals surface area contributed by atoms with E-state index in [1.54, 1.807) is 0 Å². The summed E-state index contributed by atoms with van der Waals surface area (Å²) in [6.07, 6.45) is 0. The second kappa shape index (κ2) is 6.41. The van der Waals surface area contributed by atoms with Crippen LogP contribution in [0.15, 0.2) is 47.8 Å². The zero-order valence-corrected chi connectivity index (χ0v) is 13.1. The van der Waals surface area contributed by atoms with Crippen molar-refractivity contribution in [2.45, 2.75) is 19.5 Å². The van der Waals surface area contributed by atoms with Crippen LogP contribution in [-0.2, 0) is 6.54 Å². The van der Waals surface area contributed by atoms with Crippen molar-refractivity contribution in [2.24, 2.45) is 0 Å². The number of carbonyl (C=O) groups is 1. The van der Waals surface area contributed by atoms with E-state index >= 15 is 0 Å². The lowest BCUT2D eigenvalue weighted by Gasteiger charge is -2.39. The molecule has 110 valence electrons. The van der Waals surface area contributed by atoms with Gasteiger partial charge in [-0.1, -0.05) is 36.4 Å². The quantitative estimate of drug-likeness (QED) is 0.869. The van der Waals surface area contributed by atoms with E-state index in [1.807, 2.05) is 28.5 Å². The van der Waals surface area contributed by atoms with Gasteiger partial charge in [-0.3, -0.25) is 9.69 Å². The lowest BCUT2D eigenvalue weighted by atomic mass is 10.1. The van der Waals surface area contributed by atoms with Crippen LogP contribution in [0.2, 0.25) is 0 Å². The molecule has 0 bridgehead atoms. The molecular formula is C17H20N2OS. The zero-order chi connectivity index (χ0) is 14.7. The average Bonchev–Trinajstić information content (AvgIpc) is 3.04. The Morgan fingerprint density at radius 3 is 2.67 bits per heavy atom. The highest BCUT2D eigenvalue weighted by atomic mass is 32.1. The highest BCUT2D eigenvalue weighted by molar-refractivity contribution is 7.12. The van der Waals surface area contributed by atoms with Crippen LogP contribution >= 0.6 is 11.3 Å². The second-order valence-corrected chi connectivity index (χ2v) is 6.48. The van der Waals surface area contributed by atoms with Gasteiger partial charge in [-0.15, -0.1) is 11.3 Å². The third kappa shape index (κ3) is 3.34. The van der Waals surface area contributed by atoms with Crippen molar-refractivity contribution in [3.63, 3.8) is 0 Å². The first-order valence-corrected chi connectivity index (χ1v) is 8.23. The molecule has 1 unspecified atom stereocenters. The molecule has 4 heteroatoms. The maximum atomic E-state index is 12.4. The smallest absolute Gasteiger partial charge is 0.264 e. The molecule has 1 atom stereocenters.